The van der Waals surface area contributed by atoms with Gasteiger partial charge in [-0.2, -0.15) is 10.4 Å². The number of nitrogen functional groups attached to an aromatic ring is 1. The standard InChI is InChI=1S/C21H17N5O2/c22-13-18-14-25-26(20(18)23)19-10-8-16(9-11-19)7-4-12-24-21(27)28-15-17-5-2-1-3-6-17/h1-3,5-6,8-11,14H,12,15,23H2,(H,24,27). The summed E-state index contributed by atoms with van der Waals surface area (Å²) in [6.07, 6.45) is 0.905. The summed E-state index contributed by atoms with van der Waals surface area (Å²) < 4.78 is 6.59. The minimum Gasteiger partial charge on any atom is -0.445 e. The van der Waals surface area contributed by atoms with Crippen LogP contribution in [0.1, 0.15) is 16.7 Å². The topological polar surface area (TPSA) is 106 Å². The molecular formula is C21H17N5O2. The maximum absolute atomic E-state index is 11.6. The number of rotatable bonds is 4. The maximum atomic E-state index is 11.6. The Morgan fingerprint density at radius 1 is 1.18 bits per heavy atom. The van der Waals surface area contributed by atoms with Gasteiger partial charge in [-0.3, -0.25) is 0 Å². The second-order valence-corrected chi connectivity index (χ2v) is 5.73. The smallest absolute Gasteiger partial charge is 0.408 e. The van der Waals surface area contributed by atoms with E-state index in [1.54, 1.807) is 12.1 Å². The van der Waals surface area contributed by atoms with Crippen LogP contribution in [0.5, 0.6) is 0 Å². The number of nitrogens with one attached hydrogen (secondary N) is 1. The van der Waals surface area contributed by atoms with Crippen LogP contribution >= 0.6 is 0 Å². The second kappa shape index (κ2) is 8.93. The molecule has 0 aliphatic heterocycles. The summed E-state index contributed by atoms with van der Waals surface area (Å²) in [6, 6.07) is 18.6. The van der Waals surface area contributed by atoms with Crippen molar-refractivity contribution < 1.29 is 9.53 Å². The average molecular weight is 371 g/mol. The Bertz CT molecular complexity index is 1050. The van der Waals surface area contributed by atoms with E-state index in [0.29, 0.717) is 11.4 Å². The molecule has 7 nitrogen and oxygen atoms in total. The van der Waals surface area contributed by atoms with Crippen LogP contribution in [0.15, 0.2) is 60.8 Å². The molecule has 3 N–H and O–H groups in total. The molecule has 7 heteroatoms. The zero-order chi connectivity index (χ0) is 19.8. The number of ether oxygens (including phenoxy) is 1. The van der Waals surface area contributed by atoms with Crippen molar-refractivity contribution in [3.05, 3.63) is 77.5 Å². The van der Waals surface area contributed by atoms with Crippen molar-refractivity contribution >= 4 is 11.9 Å². The van der Waals surface area contributed by atoms with E-state index in [0.717, 1.165) is 16.8 Å². The van der Waals surface area contributed by atoms with E-state index < -0.39 is 6.09 Å². The molecular weight excluding hydrogens is 354 g/mol. The van der Waals surface area contributed by atoms with Crippen LogP contribution < -0.4 is 11.1 Å². The number of carbonyl (C=O) groups is 1. The number of benzene rings is 2. The molecule has 1 aromatic heterocycles. The van der Waals surface area contributed by atoms with Gasteiger partial charge >= 0.3 is 6.09 Å². The zero-order valence-electron chi connectivity index (χ0n) is 14.9. The highest BCUT2D eigenvalue weighted by Crippen LogP contribution is 2.16. The summed E-state index contributed by atoms with van der Waals surface area (Å²) in [5.41, 5.74) is 8.62. The largest absolute Gasteiger partial charge is 0.445 e. The summed E-state index contributed by atoms with van der Waals surface area (Å²) in [5.74, 6) is 6.10. The minimum atomic E-state index is -0.518. The molecule has 0 radical (unpaired) electrons. The number of carbonyl (C=O) groups excluding carboxylic acids is 1. The molecule has 3 rings (SSSR count). The number of anilines is 1. The molecule has 0 aliphatic carbocycles. The first-order valence-electron chi connectivity index (χ1n) is 8.45. The number of hydrogen-bond donors (Lipinski definition) is 2. The first-order chi connectivity index (χ1) is 13.7. The molecule has 3 aromatic rings. The van der Waals surface area contributed by atoms with Crippen molar-refractivity contribution in [2.75, 3.05) is 12.3 Å². The van der Waals surface area contributed by atoms with Gasteiger partial charge in [0.1, 0.15) is 24.1 Å². The van der Waals surface area contributed by atoms with Crippen LogP contribution in [0, 0.1) is 23.2 Å². The molecule has 2 aromatic carbocycles. The summed E-state index contributed by atoms with van der Waals surface area (Å²) in [4.78, 5) is 11.6. The van der Waals surface area contributed by atoms with E-state index in [9.17, 15) is 4.79 Å². The molecule has 0 aliphatic rings. The van der Waals surface area contributed by atoms with Crippen molar-refractivity contribution in [1.29, 1.82) is 5.26 Å². The lowest BCUT2D eigenvalue weighted by molar-refractivity contribution is 0.141. The monoisotopic (exact) mass is 371 g/mol. The third-order valence-corrected chi connectivity index (χ3v) is 3.81. The molecule has 0 atom stereocenters. The number of alkyl carbamates (subject to hydrolysis) is 1. The van der Waals surface area contributed by atoms with E-state index in [-0.39, 0.29) is 13.2 Å². The third kappa shape index (κ3) is 4.69. The number of nitrogens with zero attached hydrogens (tertiary/aromatic N) is 3. The van der Waals surface area contributed by atoms with Crippen LogP contribution in [0.4, 0.5) is 10.6 Å². The van der Waals surface area contributed by atoms with Gasteiger partial charge in [-0.25, -0.2) is 9.48 Å². The minimum absolute atomic E-state index is 0.174. The van der Waals surface area contributed by atoms with Crippen LogP contribution in [0.3, 0.4) is 0 Å². The predicted molar refractivity (Wildman–Crippen MR) is 104 cm³/mol. The van der Waals surface area contributed by atoms with Gasteiger partial charge in [-0.15, -0.1) is 0 Å². The number of aromatic nitrogens is 2. The Balaban J connectivity index is 1.50. The molecule has 0 spiro atoms. The lowest BCUT2D eigenvalue weighted by Gasteiger charge is -2.04. The third-order valence-electron chi connectivity index (χ3n) is 3.81. The molecule has 0 bridgehead atoms. The first-order valence-corrected chi connectivity index (χ1v) is 8.45. The highest BCUT2D eigenvalue weighted by atomic mass is 16.5. The fourth-order valence-corrected chi connectivity index (χ4v) is 2.37. The van der Waals surface area contributed by atoms with Crippen LogP contribution in [-0.2, 0) is 11.3 Å². The molecule has 28 heavy (non-hydrogen) atoms. The Kier molecular flexibility index (Phi) is 5.92. The van der Waals surface area contributed by atoms with E-state index >= 15 is 0 Å². The SMILES string of the molecule is N#Cc1cnn(-c2ccc(C#CCNC(=O)OCc3ccccc3)cc2)c1N. The van der Waals surface area contributed by atoms with Gasteiger partial charge < -0.3 is 15.8 Å². The van der Waals surface area contributed by atoms with Crippen LogP contribution in [0.25, 0.3) is 5.69 Å². The van der Waals surface area contributed by atoms with Crippen molar-refractivity contribution in [2.45, 2.75) is 6.61 Å². The molecule has 138 valence electrons. The van der Waals surface area contributed by atoms with E-state index in [1.165, 1.54) is 10.9 Å². The molecule has 0 saturated carbocycles. The van der Waals surface area contributed by atoms with Gasteiger partial charge in [0.2, 0.25) is 0 Å². The van der Waals surface area contributed by atoms with Gasteiger partial charge in [-0.1, -0.05) is 42.2 Å². The highest BCUT2D eigenvalue weighted by Gasteiger charge is 2.07. The van der Waals surface area contributed by atoms with Crippen molar-refractivity contribution in [3.8, 4) is 23.6 Å². The Hall–Kier alpha value is -4.23. The van der Waals surface area contributed by atoms with E-state index in [4.69, 9.17) is 15.7 Å². The Morgan fingerprint density at radius 2 is 1.93 bits per heavy atom. The van der Waals surface area contributed by atoms with Gasteiger partial charge in [0, 0.05) is 5.56 Å². The summed E-state index contributed by atoms with van der Waals surface area (Å²) in [7, 11) is 0. The van der Waals surface area contributed by atoms with Crippen molar-refractivity contribution in [2.24, 2.45) is 0 Å². The predicted octanol–water partition coefficient (Wildman–Crippen LogP) is 2.60. The number of hydrogen-bond acceptors (Lipinski definition) is 5. The lowest BCUT2D eigenvalue weighted by Crippen LogP contribution is -2.24. The summed E-state index contributed by atoms with van der Waals surface area (Å²) in [5, 5.41) is 15.6. The van der Waals surface area contributed by atoms with Crippen molar-refractivity contribution in [3.63, 3.8) is 0 Å². The molecule has 0 saturated heterocycles. The van der Waals surface area contributed by atoms with Crippen LogP contribution in [-0.4, -0.2) is 22.4 Å². The fourth-order valence-electron chi connectivity index (χ4n) is 2.37. The zero-order valence-corrected chi connectivity index (χ0v) is 14.9. The highest BCUT2D eigenvalue weighted by molar-refractivity contribution is 5.67. The Labute approximate surface area is 162 Å². The quantitative estimate of drug-likeness (QED) is 0.686. The number of amides is 1. The molecule has 1 heterocycles. The maximum Gasteiger partial charge on any atom is 0.408 e. The lowest BCUT2D eigenvalue weighted by atomic mass is 10.2. The normalized spacial score (nSPS) is 9.68. The van der Waals surface area contributed by atoms with Gasteiger partial charge in [0.05, 0.1) is 18.4 Å². The van der Waals surface area contributed by atoms with Crippen molar-refractivity contribution in [1.82, 2.24) is 15.1 Å². The second-order valence-electron chi connectivity index (χ2n) is 5.73. The Morgan fingerprint density at radius 3 is 2.61 bits per heavy atom. The first kappa shape index (κ1) is 18.6. The van der Waals surface area contributed by atoms with Crippen LogP contribution in [0.2, 0.25) is 0 Å². The molecule has 0 fully saturated rings. The average Bonchev–Trinajstić information content (AvgIpc) is 3.11. The van der Waals surface area contributed by atoms with E-state index in [2.05, 4.69) is 22.3 Å². The van der Waals surface area contributed by atoms with E-state index in [1.807, 2.05) is 48.5 Å². The van der Waals surface area contributed by atoms with Gasteiger partial charge in [0.15, 0.2) is 0 Å². The summed E-state index contributed by atoms with van der Waals surface area (Å²) >= 11 is 0. The molecule has 1 amide bonds. The number of nitriles is 1. The van der Waals surface area contributed by atoms with Gasteiger partial charge in [0.25, 0.3) is 0 Å². The van der Waals surface area contributed by atoms with Gasteiger partial charge in [-0.05, 0) is 29.8 Å². The number of nitrogens with two attached hydrogens (primary N) is 1. The summed E-state index contributed by atoms with van der Waals surface area (Å²) in [6.45, 7) is 0.388. The molecule has 0 unspecified atom stereocenters. The fraction of sp³-hybridized carbons (Fsp3) is 0.0952.